The summed E-state index contributed by atoms with van der Waals surface area (Å²) in [5.74, 6) is 3.16. The van der Waals surface area contributed by atoms with E-state index >= 15 is 0 Å². The second-order valence-electron chi connectivity index (χ2n) is 4.79. The molecule has 0 bridgehead atoms. The molecular formula is C17H16N4O3. The van der Waals surface area contributed by atoms with E-state index in [2.05, 4.69) is 10.4 Å². The topological polar surface area (TPSA) is 131 Å². The van der Waals surface area contributed by atoms with E-state index in [-0.39, 0.29) is 16.8 Å². The van der Waals surface area contributed by atoms with Crippen LogP contribution in [0.4, 0.5) is 5.69 Å². The molecule has 0 aliphatic rings. The molecule has 0 spiro atoms. The molecule has 0 radical (unpaired) electrons. The Morgan fingerprint density at radius 3 is 2.33 bits per heavy atom. The van der Waals surface area contributed by atoms with Gasteiger partial charge in [-0.2, -0.15) is 5.10 Å². The van der Waals surface area contributed by atoms with Gasteiger partial charge < -0.3 is 22.0 Å². The number of carbonyl (C=O) groups is 2. The molecule has 0 saturated carbocycles. The molecule has 0 atom stereocenters. The van der Waals surface area contributed by atoms with Crippen molar-refractivity contribution in [1.82, 2.24) is 0 Å². The summed E-state index contributed by atoms with van der Waals surface area (Å²) in [4.78, 5) is 24.1. The van der Waals surface area contributed by atoms with Crippen LogP contribution in [0.3, 0.4) is 0 Å². The summed E-state index contributed by atoms with van der Waals surface area (Å²) in [7, 11) is 0. The normalized spacial score (nSPS) is 11.8. The Morgan fingerprint density at radius 1 is 1.04 bits per heavy atom. The van der Waals surface area contributed by atoms with E-state index in [0.29, 0.717) is 11.3 Å². The van der Waals surface area contributed by atoms with Gasteiger partial charge in [-0.05, 0) is 17.7 Å². The summed E-state index contributed by atoms with van der Waals surface area (Å²) < 4.78 is 0. The molecule has 6 N–H and O–H groups in total. The minimum Gasteiger partial charge on any atom is -0.478 e. The van der Waals surface area contributed by atoms with Crippen molar-refractivity contribution in [2.45, 2.75) is 0 Å². The first-order valence-electron chi connectivity index (χ1n) is 6.96. The third-order valence-corrected chi connectivity index (χ3v) is 3.22. The Morgan fingerprint density at radius 2 is 1.71 bits per heavy atom. The number of carboxylic acid groups (broad SMARTS) is 1. The smallest absolute Gasteiger partial charge is 0.338 e. The highest BCUT2D eigenvalue weighted by Gasteiger charge is 2.21. The third-order valence-electron chi connectivity index (χ3n) is 3.22. The molecular weight excluding hydrogens is 308 g/mol. The van der Waals surface area contributed by atoms with Crippen molar-refractivity contribution in [1.29, 1.82) is 0 Å². The number of hydrazone groups is 1. The zero-order valence-corrected chi connectivity index (χ0v) is 12.6. The van der Waals surface area contributed by atoms with Crippen LogP contribution in [0.5, 0.6) is 0 Å². The highest BCUT2D eigenvalue weighted by atomic mass is 16.4. The van der Waals surface area contributed by atoms with E-state index in [1.807, 2.05) is 0 Å². The molecule has 7 nitrogen and oxygen atoms in total. The molecule has 0 amide bonds. The second-order valence-corrected chi connectivity index (χ2v) is 4.79. The Labute approximate surface area is 138 Å². The molecule has 0 fully saturated rings. The SMILES string of the molecule is NN=CNc1cccc(C(=O)C(N)=C(C(=O)O)c2ccccc2)c1. The second kappa shape index (κ2) is 7.59. The number of hydrogen-bond donors (Lipinski definition) is 4. The minimum atomic E-state index is -1.27. The largest absolute Gasteiger partial charge is 0.478 e. The summed E-state index contributed by atoms with van der Waals surface area (Å²) in [6.07, 6.45) is 1.26. The highest BCUT2D eigenvalue weighted by molar-refractivity contribution is 6.25. The van der Waals surface area contributed by atoms with Gasteiger partial charge in [0.1, 0.15) is 6.34 Å². The van der Waals surface area contributed by atoms with Crippen molar-refractivity contribution in [3.8, 4) is 0 Å². The molecule has 2 aromatic rings. The van der Waals surface area contributed by atoms with Gasteiger partial charge >= 0.3 is 5.97 Å². The van der Waals surface area contributed by atoms with E-state index < -0.39 is 11.8 Å². The van der Waals surface area contributed by atoms with Gasteiger partial charge in [0.2, 0.25) is 5.78 Å². The van der Waals surface area contributed by atoms with Crippen LogP contribution in [-0.2, 0) is 4.79 Å². The van der Waals surface area contributed by atoms with Crippen molar-refractivity contribution >= 4 is 29.4 Å². The fourth-order valence-corrected chi connectivity index (χ4v) is 2.13. The standard InChI is InChI=1S/C17H16N4O3/c18-15(14(17(23)24)11-5-2-1-3-6-11)16(22)12-7-4-8-13(9-12)20-10-21-19/h1-10H,18-19H2,(H,20,21)(H,23,24). The number of allylic oxidation sites excluding steroid dienone is 1. The number of nitrogens with two attached hydrogens (primary N) is 2. The summed E-state index contributed by atoms with van der Waals surface area (Å²) in [6.45, 7) is 0. The molecule has 0 aromatic heterocycles. The van der Waals surface area contributed by atoms with Gasteiger partial charge in [-0.15, -0.1) is 0 Å². The summed E-state index contributed by atoms with van der Waals surface area (Å²) in [5.41, 5.74) is 6.47. The van der Waals surface area contributed by atoms with Crippen molar-refractivity contribution < 1.29 is 14.7 Å². The van der Waals surface area contributed by atoms with Gasteiger partial charge in [-0.25, -0.2) is 4.79 Å². The zero-order valence-electron chi connectivity index (χ0n) is 12.6. The zero-order chi connectivity index (χ0) is 17.5. The first kappa shape index (κ1) is 16.8. The number of benzene rings is 2. The van der Waals surface area contributed by atoms with E-state index in [1.54, 1.807) is 48.5 Å². The fraction of sp³-hybridized carbons (Fsp3) is 0. The van der Waals surface area contributed by atoms with Gasteiger partial charge in [0.25, 0.3) is 0 Å². The maximum Gasteiger partial charge on any atom is 0.338 e. The van der Waals surface area contributed by atoms with Crippen LogP contribution in [0.1, 0.15) is 15.9 Å². The van der Waals surface area contributed by atoms with E-state index in [9.17, 15) is 14.7 Å². The maximum absolute atomic E-state index is 12.6. The van der Waals surface area contributed by atoms with Crippen molar-refractivity contribution in [3.63, 3.8) is 0 Å². The number of anilines is 1. The molecule has 24 heavy (non-hydrogen) atoms. The highest BCUT2D eigenvalue weighted by Crippen LogP contribution is 2.20. The third kappa shape index (κ3) is 3.77. The van der Waals surface area contributed by atoms with Crippen LogP contribution in [0.2, 0.25) is 0 Å². The lowest BCUT2D eigenvalue weighted by Crippen LogP contribution is -2.18. The van der Waals surface area contributed by atoms with Crippen molar-refractivity contribution in [2.24, 2.45) is 16.7 Å². The quantitative estimate of drug-likeness (QED) is 0.159. The number of rotatable bonds is 6. The maximum atomic E-state index is 12.6. The number of hydrogen-bond acceptors (Lipinski definition) is 5. The van der Waals surface area contributed by atoms with Crippen LogP contribution in [-0.4, -0.2) is 23.2 Å². The summed E-state index contributed by atoms with van der Waals surface area (Å²) >= 11 is 0. The molecule has 0 aliphatic heterocycles. The number of nitrogens with zero attached hydrogens (tertiary/aromatic N) is 1. The number of nitrogens with one attached hydrogen (secondary N) is 1. The Hall–Kier alpha value is -3.61. The number of carboxylic acids is 1. The van der Waals surface area contributed by atoms with Crippen LogP contribution in [0.15, 0.2) is 65.4 Å². The molecule has 122 valence electrons. The first-order valence-corrected chi connectivity index (χ1v) is 6.96. The van der Waals surface area contributed by atoms with Gasteiger partial charge in [0.15, 0.2) is 0 Å². The van der Waals surface area contributed by atoms with Crippen LogP contribution in [0.25, 0.3) is 5.57 Å². The summed E-state index contributed by atoms with van der Waals surface area (Å²) in [6, 6.07) is 14.7. The predicted molar refractivity (Wildman–Crippen MR) is 92.3 cm³/mol. The van der Waals surface area contributed by atoms with Crippen molar-refractivity contribution in [3.05, 3.63) is 71.4 Å². The average Bonchev–Trinajstić information content (AvgIpc) is 2.60. The number of aliphatic carboxylic acids is 1. The molecule has 0 unspecified atom stereocenters. The monoisotopic (exact) mass is 324 g/mol. The predicted octanol–water partition coefficient (Wildman–Crippen LogP) is 1.64. The minimum absolute atomic E-state index is 0.234. The van der Waals surface area contributed by atoms with E-state index in [1.165, 1.54) is 12.4 Å². The lowest BCUT2D eigenvalue weighted by molar-refractivity contribution is -0.130. The molecule has 0 heterocycles. The Balaban J connectivity index is 2.44. The lowest BCUT2D eigenvalue weighted by atomic mass is 9.99. The van der Waals surface area contributed by atoms with Crippen LogP contribution >= 0.6 is 0 Å². The number of Topliss-reactive ketones (excluding diaryl/α,β-unsaturated/α-hetero) is 1. The fourth-order valence-electron chi connectivity index (χ4n) is 2.13. The molecule has 0 saturated heterocycles. The Kier molecular flexibility index (Phi) is 5.30. The van der Waals surface area contributed by atoms with Gasteiger partial charge in [-0.3, -0.25) is 4.79 Å². The molecule has 7 heteroatoms. The molecule has 2 rings (SSSR count). The summed E-state index contributed by atoms with van der Waals surface area (Å²) in [5, 5.41) is 15.5. The Bertz CT molecular complexity index is 814. The molecule has 2 aromatic carbocycles. The van der Waals surface area contributed by atoms with E-state index in [0.717, 1.165) is 0 Å². The number of carbonyl (C=O) groups excluding carboxylic acids is 1. The number of ketones is 1. The van der Waals surface area contributed by atoms with Crippen LogP contribution in [0, 0.1) is 0 Å². The van der Waals surface area contributed by atoms with Gasteiger partial charge in [0.05, 0.1) is 11.3 Å². The van der Waals surface area contributed by atoms with Crippen molar-refractivity contribution in [2.75, 3.05) is 5.32 Å². The van der Waals surface area contributed by atoms with Gasteiger partial charge in [0, 0.05) is 11.3 Å². The van der Waals surface area contributed by atoms with Gasteiger partial charge in [-0.1, -0.05) is 42.5 Å². The lowest BCUT2D eigenvalue weighted by Gasteiger charge is -2.09. The average molecular weight is 324 g/mol. The van der Waals surface area contributed by atoms with Crippen LogP contribution < -0.4 is 16.9 Å². The van der Waals surface area contributed by atoms with E-state index in [4.69, 9.17) is 11.6 Å². The molecule has 0 aliphatic carbocycles. The first-order chi connectivity index (χ1) is 11.5.